The second-order valence-electron chi connectivity index (χ2n) is 23.4. The molecule has 18 heteroatoms. The fourth-order valence-corrected chi connectivity index (χ4v) is 19.8. The van der Waals surface area contributed by atoms with Gasteiger partial charge in [-0.15, -0.1) is 0 Å². The van der Waals surface area contributed by atoms with Gasteiger partial charge in [0.15, 0.2) is 46.3 Å². The summed E-state index contributed by atoms with van der Waals surface area (Å²) in [5.41, 5.74) is -6.09. The monoisotopic (exact) mass is 1150 g/mol. The van der Waals surface area contributed by atoms with Gasteiger partial charge in [0.05, 0.1) is 42.3 Å². The van der Waals surface area contributed by atoms with Gasteiger partial charge >= 0.3 is 23.9 Å². The first-order valence-corrected chi connectivity index (χ1v) is 34.1. The van der Waals surface area contributed by atoms with Crippen molar-refractivity contribution < 1.29 is 71.1 Å². The van der Waals surface area contributed by atoms with Crippen molar-refractivity contribution in [3.63, 3.8) is 0 Å². The molecule has 12 atom stereocenters. The molecule has 5 aliphatic rings. The van der Waals surface area contributed by atoms with E-state index in [1.807, 2.05) is 45.0 Å². The summed E-state index contributed by atoms with van der Waals surface area (Å²) in [5, 5.41) is 18.3. The third-order valence-electron chi connectivity index (χ3n) is 19.2. The number of hydrogen-bond acceptors (Lipinski definition) is 15. The van der Waals surface area contributed by atoms with Gasteiger partial charge in [-0.05, 0) is 97.0 Å². The molecule has 8 rings (SSSR count). The van der Waals surface area contributed by atoms with Crippen molar-refractivity contribution in [2.24, 2.45) is 16.7 Å². The summed E-state index contributed by atoms with van der Waals surface area (Å²) >= 11 is 0. The molecule has 2 aliphatic heterocycles. The molecule has 1 amide bonds. The van der Waals surface area contributed by atoms with E-state index in [0.717, 1.165) is 0 Å². The summed E-state index contributed by atoms with van der Waals surface area (Å²) in [4.78, 5) is 90.8. The zero-order chi connectivity index (χ0) is 58.9. The molecule has 2 heterocycles. The smallest absolute Gasteiger partial charge is 0.338 e. The van der Waals surface area contributed by atoms with Crippen molar-refractivity contribution in [2.75, 3.05) is 13.2 Å². The Hall–Kier alpha value is -5.61. The predicted octanol–water partition coefficient (Wildman–Crippen LogP) is 9.90. The van der Waals surface area contributed by atoms with Crippen molar-refractivity contribution >= 4 is 52.2 Å². The minimum absolute atomic E-state index is 0.0550. The Labute approximate surface area is 479 Å². The number of amides is 1. The second-order valence-corrected chi connectivity index (χ2v) is 32.8. The number of fused-ring (bicyclic) bond motifs is 8. The maximum absolute atomic E-state index is 16.9. The number of benzene rings is 3. The average Bonchev–Trinajstić information content (AvgIpc) is 3.29. The molecule has 0 aromatic heterocycles. The van der Waals surface area contributed by atoms with Crippen LogP contribution in [0.4, 0.5) is 0 Å². The molecule has 0 spiro atoms. The number of hydrogen-bond donors (Lipinski definition) is 2. The molecular formula is C63H83NO15Si2. The number of ketones is 1. The van der Waals surface area contributed by atoms with Crippen LogP contribution in [-0.4, -0.2) is 124 Å². The first-order chi connectivity index (χ1) is 38.5. The lowest BCUT2D eigenvalue weighted by molar-refractivity contribution is -0.352. The number of Topliss-reactive ketones (excluding diaryl/α,β-unsaturated/α-hetero) is 1. The normalized spacial score (nSPS) is 31.7. The molecule has 2 bridgehead atoms. The topological polar surface area (TPSA) is 209 Å². The lowest BCUT2D eigenvalue weighted by Crippen LogP contribution is -2.84. The fourth-order valence-electron chi connectivity index (χ4n) is 14.1. The van der Waals surface area contributed by atoms with Gasteiger partial charge in [0.1, 0.15) is 23.9 Å². The number of nitrogens with one attached hydrogen (secondary N) is 1. The van der Waals surface area contributed by atoms with E-state index in [1.54, 1.807) is 101 Å². The van der Waals surface area contributed by atoms with Gasteiger partial charge in [0.2, 0.25) is 0 Å². The number of carbonyl (C=O) groups excluding carboxylic acids is 6. The van der Waals surface area contributed by atoms with Crippen LogP contribution in [0, 0.1) is 16.7 Å². The molecule has 3 aromatic rings. The number of carbonyl (C=O) groups is 6. The van der Waals surface area contributed by atoms with Gasteiger partial charge in [0.25, 0.3) is 5.91 Å². The lowest BCUT2D eigenvalue weighted by atomic mass is 9.44. The molecule has 2 saturated carbocycles. The van der Waals surface area contributed by atoms with Gasteiger partial charge in [0, 0.05) is 31.2 Å². The molecule has 2 N–H and O–H groups in total. The number of aliphatic hydroxyl groups is 1. The minimum Gasteiger partial charge on any atom is -0.455 e. The SMILES string of the molecule is CC[Si](CC)(CC)O[C@H]1C[C@H]2OC[C@@]2(OC(C)=O)[C@H]2[C@H](OC(=O)c3ccccc3)[C@]3(O)[C@H]4OC/C=C/Cc5ccccc5C(=O)N[C@@H](c5ccccc5)[C@@H](O[Si](CC)(CC)CC)C(=O)O[C@@H]4C(C)=C([C@@H](OC(C)=O)C(=O)[C@]12C)C3(C)C. The Kier molecular flexibility index (Phi) is 18.4. The van der Waals surface area contributed by atoms with Crippen LogP contribution in [0.3, 0.4) is 0 Å². The van der Waals surface area contributed by atoms with Crippen LogP contribution in [-0.2, 0) is 62.9 Å². The largest absolute Gasteiger partial charge is 0.455 e. The van der Waals surface area contributed by atoms with Crippen LogP contribution in [0.15, 0.2) is 108 Å². The summed E-state index contributed by atoms with van der Waals surface area (Å²) in [6.07, 6.45) is -6.61. The molecule has 81 heavy (non-hydrogen) atoms. The van der Waals surface area contributed by atoms with Crippen LogP contribution in [0.25, 0.3) is 0 Å². The van der Waals surface area contributed by atoms with Crippen molar-refractivity contribution in [2.45, 2.75) is 192 Å². The van der Waals surface area contributed by atoms with Gasteiger partial charge in [-0.25, -0.2) is 9.59 Å². The Morgan fingerprint density at radius 1 is 0.741 bits per heavy atom. The van der Waals surface area contributed by atoms with Gasteiger partial charge < -0.3 is 47.7 Å². The third-order valence-corrected chi connectivity index (χ3v) is 28.5. The quantitative estimate of drug-likeness (QED) is 0.0628. The Bertz CT molecular complexity index is 2870. The first kappa shape index (κ1) is 61.5. The fraction of sp³-hybridized carbons (Fsp3) is 0.556. The van der Waals surface area contributed by atoms with Crippen LogP contribution in [0.2, 0.25) is 36.3 Å². The first-order valence-electron chi connectivity index (χ1n) is 29.0. The highest BCUT2D eigenvalue weighted by Gasteiger charge is 2.80. The summed E-state index contributed by atoms with van der Waals surface area (Å²) in [6.45, 7) is 20.8. The van der Waals surface area contributed by atoms with E-state index in [0.29, 0.717) is 53.0 Å². The number of rotatable bonds is 15. The molecule has 0 radical (unpaired) electrons. The van der Waals surface area contributed by atoms with E-state index in [2.05, 4.69) is 26.1 Å². The summed E-state index contributed by atoms with van der Waals surface area (Å²) in [7, 11) is -5.55. The van der Waals surface area contributed by atoms with E-state index in [1.165, 1.54) is 13.8 Å². The van der Waals surface area contributed by atoms with Crippen molar-refractivity contribution in [1.82, 2.24) is 5.32 Å². The summed E-state index contributed by atoms with van der Waals surface area (Å²) in [6, 6.07) is 27.1. The number of esters is 4. The van der Waals surface area contributed by atoms with Gasteiger partial charge in [-0.2, -0.15) is 0 Å². The molecule has 3 fully saturated rings. The van der Waals surface area contributed by atoms with Crippen molar-refractivity contribution in [3.8, 4) is 0 Å². The molecule has 3 aliphatic carbocycles. The second kappa shape index (κ2) is 24.3. The molecule has 438 valence electrons. The van der Waals surface area contributed by atoms with Gasteiger partial charge in [-0.1, -0.05) is 134 Å². The molecule has 3 aromatic carbocycles. The molecule has 0 unspecified atom stereocenters. The van der Waals surface area contributed by atoms with Gasteiger partial charge in [-0.3, -0.25) is 19.2 Å². The zero-order valence-corrected chi connectivity index (χ0v) is 51.2. The van der Waals surface area contributed by atoms with Crippen LogP contribution in [0.1, 0.15) is 127 Å². The molecule has 1 saturated heterocycles. The number of allylic oxidation sites excluding steroid dienone is 1. The average molecular weight is 1150 g/mol. The maximum Gasteiger partial charge on any atom is 0.338 e. The summed E-state index contributed by atoms with van der Waals surface area (Å²) in [5.74, 6) is -6.01. The van der Waals surface area contributed by atoms with Crippen molar-refractivity contribution in [3.05, 3.63) is 130 Å². The Morgan fingerprint density at radius 2 is 1.33 bits per heavy atom. The minimum atomic E-state index is -2.83. The highest BCUT2D eigenvalue weighted by Crippen LogP contribution is 2.66. The van der Waals surface area contributed by atoms with E-state index >= 15 is 19.5 Å². The van der Waals surface area contributed by atoms with E-state index in [-0.39, 0.29) is 42.8 Å². The standard InChI is InChI=1S/C63H83NO15Si2/c1-13-80(14-2,15-3)78-46-37-47-62(38-73-47,77-41(9)66)53-56(76-58(69)44-33-23-20-24-34-44)63(71)55-50(39(7)48(60(63,10)11)51(74-40(8)65)54(67)61(46,53)12)75-59(70)52(79-81(16-4,17-5)18-6)49(43-31-21-19-22-32-43)64-57(68)45-35-26-25-29-42(45)30-27-28-36-72-55/h19-29,31-35,46-47,49-53,55-56,71H,13-18,30,36-38H2,1-12H3,(H,64,68)/b28-27+/t46-,47+,49-,50+,51+,52+,53-,55-,56-,61+,62-,63+/m0/s1. The Morgan fingerprint density at radius 3 is 1.91 bits per heavy atom. The highest BCUT2D eigenvalue weighted by atomic mass is 28.4. The number of ether oxygens (including phenoxy) is 6. The predicted molar refractivity (Wildman–Crippen MR) is 308 cm³/mol. The van der Waals surface area contributed by atoms with Crippen LogP contribution >= 0.6 is 0 Å². The highest BCUT2D eigenvalue weighted by molar-refractivity contribution is 6.74. The summed E-state index contributed by atoms with van der Waals surface area (Å²) < 4.78 is 55.1. The van der Waals surface area contributed by atoms with Crippen molar-refractivity contribution in [1.29, 1.82) is 0 Å². The lowest BCUT2D eigenvalue weighted by Gasteiger charge is -2.69. The van der Waals surface area contributed by atoms with Crippen LogP contribution in [0.5, 0.6) is 0 Å². The zero-order valence-electron chi connectivity index (χ0n) is 49.2. The molecule has 16 nitrogen and oxygen atoms in total. The van der Waals surface area contributed by atoms with E-state index in [9.17, 15) is 14.4 Å². The van der Waals surface area contributed by atoms with E-state index < -0.39 is 129 Å². The maximum atomic E-state index is 16.9. The third kappa shape index (κ3) is 10.9. The Balaban J connectivity index is 1.48. The molecular weight excluding hydrogens is 1070 g/mol. The van der Waals surface area contributed by atoms with Crippen LogP contribution < -0.4 is 5.32 Å². The van der Waals surface area contributed by atoms with E-state index in [4.69, 9.17) is 37.3 Å².